The summed E-state index contributed by atoms with van der Waals surface area (Å²) in [5.41, 5.74) is 0.794. The Balaban J connectivity index is 2.33. The quantitative estimate of drug-likeness (QED) is 0.767. The molecule has 1 aromatic heterocycles. The first kappa shape index (κ1) is 14.2. The van der Waals surface area contributed by atoms with Gasteiger partial charge in [0.25, 0.3) is 5.91 Å². The summed E-state index contributed by atoms with van der Waals surface area (Å²) in [7, 11) is 0. The molecule has 0 spiro atoms. The van der Waals surface area contributed by atoms with Gasteiger partial charge in [0.1, 0.15) is 0 Å². The van der Waals surface area contributed by atoms with Gasteiger partial charge >= 0.3 is 0 Å². The zero-order chi connectivity index (χ0) is 12.8. The molecule has 4 heteroatoms. The molecule has 0 radical (unpaired) electrons. The van der Waals surface area contributed by atoms with Gasteiger partial charge in [-0.3, -0.25) is 4.79 Å². The number of hydrogen-bond donors (Lipinski definition) is 2. The van der Waals surface area contributed by atoms with Crippen LogP contribution in [-0.4, -0.2) is 24.2 Å². The van der Waals surface area contributed by atoms with Gasteiger partial charge in [-0.25, -0.2) is 0 Å². The van der Waals surface area contributed by atoms with Crippen LogP contribution in [0.4, 0.5) is 0 Å². The number of carbonyl (C=O) groups excluding carboxylic acids is 1. The van der Waals surface area contributed by atoms with Crippen molar-refractivity contribution in [3.05, 3.63) is 21.4 Å². The molecule has 0 bridgehead atoms. The predicted octanol–water partition coefficient (Wildman–Crippen LogP) is 2.50. The SMILES string of the molecule is Cc1cc(C(=O)NCCCC(C)CO)c(C)s1. The number of thiophene rings is 1. The van der Waals surface area contributed by atoms with E-state index in [0.717, 1.165) is 23.3 Å². The molecule has 1 unspecified atom stereocenters. The Morgan fingerprint density at radius 3 is 2.76 bits per heavy atom. The second kappa shape index (κ2) is 6.77. The molecule has 0 saturated carbocycles. The summed E-state index contributed by atoms with van der Waals surface area (Å²) in [6.45, 7) is 6.89. The van der Waals surface area contributed by atoms with E-state index in [9.17, 15) is 4.79 Å². The van der Waals surface area contributed by atoms with Crippen LogP contribution in [-0.2, 0) is 0 Å². The van der Waals surface area contributed by atoms with Gasteiger partial charge in [-0.1, -0.05) is 6.92 Å². The topological polar surface area (TPSA) is 49.3 Å². The molecular formula is C13H21NO2S. The smallest absolute Gasteiger partial charge is 0.252 e. The number of aliphatic hydroxyl groups excluding tert-OH is 1. The van der Waals surface area contributed by atoms with Crippen LogP contribution in [0.5, 0.6) is 0 Å². The van der Waals surface area contributed by atoms with Gasteiger partial charge in [0, 0.05) is 22.9 Å². The molecule has 96 valence electrons. The molecule has 0 aliphatic rings. The highest BCUT2D eigenvalue weighted by atomic mass is 32.1. The van der Waals surface area contributed by atoms with E-state index in [1.807, 2.05) is 26.8 Å². The van der Waals surface area contributed by atoms with E-state index in [0.29, 0.717) is 12.5 Å². The first-order valence-electron chi connectivity index (χ1n) is 6.00. The minimum absolute atomic E-state index is 0.0171. The lowest BCUT2D eigenvalue weighted by molar-refractivity contribution is 0.0952. The lowest BCUT2D eigenvalue weighted by Gasteiger charge is -2.08. The highest BCUT2D eigenvalue weighted by molar-refractivity contribution is 7.12. The number of aryl methyl sites for hydroxylation is 2. The maximum atomic E-state index is 11.8. The number of aliphatic hydroxyl groups is 1. The lowest BCUT2D eigenvalue weighted by Crippen LogP contribution is -2.25. The maximum Gasteiger partial charge on any atom is 0.252 e. The highest BCUT2D eigenvalue weighted by Gasteiger charge is 2.11. The van der Waals surface area contributed by atoms with Crippen molar-refractivity contribution in [2.24, 2.45) is 5.92 Å². The molecule has 1 atom stereocenters. The maximum absolute atomic E-state index is 11.8. The molecule has 1 aromatic rings. The summed E-state index contributed by atoms with van der Waals surface area (Å²) in [5, 5.41) is 11.8. The average molecular weight is 255 g/mol. The largest absolute Gasteiger partial charge is 0.396 e. The Hall–Kier alpha value is -0.870. The molecular weight excluding hydrogens is 234 g/mol. The van der Waals surface area contributed by atoms with Gasteiger partial charge in [0.15, 0.2) is 0 Å². The molecule has 2 N–H and O–H groups in total. The number of nitrogens with one attached hydrogen (secondary N) is 1. The number of rotatable bonds is 6. The van der Waals surface area contributed by atoms with Gasteiger partial charge in [0.2, 0.25) is 0 Å². The van der Waals surface area contributed by atoms with Crippen LogP contribution in [0.1, 0.15) is 39.9 Å². The monoisotopic (exact) mass is 255 g/mol. The normalized spacial score (nSPS) is 12.5. The summed E-state index contributed by atoms with van der Waals surface area (Å²) in [4.78, 5) is 14.1. The fourth-order valence-electron chi connectivity index (χ4n) is 1.70. The van der Waals surface area contributed by atoms with Crippen molar-refractivity contribution in [3.8, 4) is 0 Å². The van der Waals surface area contributed by atoms with Crippen molar-refractivity contribution < 1.29 is 9.90 Å². The fourth-order valence-corrected chi connectivity index (χ4v) is 2.62. The van der Waals surface area contributed by atoms with Crippen molar-refractivity contribution in [1.82, 2.24) is 5.32 Å². The van der Waals surface area contributed by atoms with E-state index >= 15 is 0 Å². The van der Waals surface area contributed by atoms with Crippen molar-refractivity contribution in [2.75, 3.05) is 13.2 Å². The first-order valence-corrected chi connectivity index (χ1v) is 6.82. The summed E-state index contributed by atoms with van der Waals surface area (Å²) >= 11 is 1.65. The van der Waals surface area contributed by atoms with Crippen LogP contribution in [0.2, 0.25) is 0 Å². The Morgan fingerprint density at radius 1 is 1.53 bits per heavy atom. The molecule has 0 aliphatic carbocycles. The summed E-state index contributed by atoms with van der Waals surface area (Å²) < 4.78 is 0. The fraction of sp³-hybridized carbons (Fsp3) is 0.615. The molecule has 3 nitrogen and oxygen atoms in total. The van der Waals surface area contributed by atoms with Crippen molar-refractivity contribution in [3.63, 3.8) is 0 Å². The van der Waals surface area contributed by atoms with E-state index in [1.54, 1.807) is 11.3 Å². The Labute approximate surface area is 107 Å². The minimum atomic E-state index is 0.0171. The zero-order valence-corrected chi connectivity index (χ0v) is 11.6. The third kappa shape index (κ3) is 4.48. The van der Waals surface area contributed by atoms with E-state index in [4.69, 9.17) is 5.11 Å². The van der Waals surface area contributed by atoms with Gasteiger partial charge in [-0.2, -0.15) is 0 Å². The van der Waals surface area contributed by atoms with Crippen LogP contribution in [0.15, 0.2) is 6.07 Å². The van der Waals surface area contributed by atoms with Crippen molar-refractivity contribution in [2.45, 2.75) is 33.6 Å². The van der Waals surface area contributed by atoms with Crippen molar-refractivity contribution in [1.29, 1.82) is 0 Å². The lowest BCUT2D eigenvalue weighted by atomic mass is 10.1. The van der Waals surface area contributed by atoms with Gasteiger partial charge in [0.05, 0.1) is 5.56 Å². The van der Waals surface area contributed by atoms with Gasteiger partial charge in [-0.05, 0) is 38.7 Å². The third-order valence-corrected chi connectivity index (χ3v) is 3.72. The number of hydrogen-bond acceptors (Lipinski definition) is 3. The second-order valence-electron chi connectivity index (χ2n) is 4.51. The minimum Gasteiger partial charge on any atom is -0.396 e. The van der Waals surface area contributed by atoms with E-state index < -0.39 is 0 Å². The van der Waals surface area contributed by atoms with Gasteiger partial charge in [-0.15, -0.1) is 11.3 Å². The zero-order valence-electron chi connectivity index (χ0n) is 10.7. The molecule has 1 heterocycles. The average Bonchev–Trinajstić information content (AvgIpc) is 2.63. The Morgan fingerprint density at radius 2 is 2.24 bits per heavy atom. The third-order valence-electron chi connectivity index (χ3n) is 2.76. The standard InChI is InChI=1S/C13H21NO2S/c1-9(8-15)5-4-6-14-13(16)12-7-10(2)17-11(12)3/h7,9,15H,4-6,8H2,1-3H3,(H,14,16). The Bertz CT molecular complexity index is 373. The van der Waals surface area contributed by atoms with E-state index in [-0.39, 0.29) is 12.5 Å². The molecule has 0 aromatic carbocycles. The van der Waals surface area contributed by atoms with Crippen molar-refractivity contribution >= 4 is 17.2 Å². The van der Waals surface area contributed by atoms with Crippen LogP contribution in [0.25, 0.3) is 0 Å². The number of amides is 1. The highest BCUT2D eigenvalue weighted by Crippen LogP contribution is 2.20. The first-order chi connectivity index (χ1) is 8.04. The summed E-state index contributed by atoms with van der Waals surface area (Å²) in [6, 6.07) is 1.94. The molecule has 1 amide bonds. The second-order valence-corrected chi connectivity index (χ2v) is 5.97. The van der Waals surface area contributed by atoms with Gasteiger partial charge < -0.3 is 10.4 Å². The van der Waals surface area contributed by atoms with Crippen LogP contribution in [0.3, 0.4) is 0 Å². The Kier molecular flexibility index (Phi) is 5.65. The molecule has 1 rings (SSSR count). The number of carbonyl (C=O) groups is 1. The van der Waals surface area contributed by atoms with Crippen LogP contribution >= 0.6 is 11.3 Å². The summed E-state index contributed by atoms with van der Waals surface area (Å²) in [6.07, 6.45) is 1.86. The predicted molar refractivity (Wildman–Crippen MR) is 71.6 cm³/mol. The van der Waals surface area contributed by atoms with E-state index in [2.05, 4.69) is 5.32 Å². The summed E-state index contributed by atoms with van der Waals surface area (Å²) in [5.74, 6) is 0.334. The van der Waals surface area contributed by atoms with Crippen LogP contribution in [0, 0.1) is 19.8 Å². The molecule has 0 saturated heterocycles. The van der Waals surface area contributed by atoms with E-state index in [1.165, 1.54) is 4.88 Å². The molecule has 0 aliphatic heterocycles. The molecule has 17 heavy (non-hydrogen) atoms. The van der Waals surface area contributed by atoms with Crippen LogP contribution < -0.4 is 5.32 Å². The molecule has 0 fully saturated rings.